The lowest BCUT2D eigenvalue weighted by Gasteiger charge is -2.18. The van der Waals surface area contributed by atoms with Gasteiger partial charge in [-0.05, 0) is 24.1 Å². The molecule has 7 nitrogen and oxygen atoms in total. The van der Waals surface area contributed by atoms with E-state index in [0.717, 1.165) is 30.2 Å². The predicted octanol–water partition coefficient (Wildman–Crippen LogP) is 0.107. The van der Waals surface area contributed by atoms with Crippen LogP contribution in [0.15, 0.2) is 39.9 Å². The zero-order valence-corrected chi connectivity index (χ0v) is 11.7. The number of hydrogen-bond donors (Lipinski definition) is 3. The van der Waals surface area contributed by atoms with Gasteiger partial charge >= 0.3 is 11.7 Å². The van der Waals surface area contributed by atoms with Crippen LogP contribution in [0.1, 0.15) is 27.7 Å². The Morgan fingerprint density at radius 3 is 2.82 bits per heavy atom. The zero-order chi connectivity index (χ0) is 15.5. The van der Waals surface area contributed by atoms with Crippen molar-refractivity contribution in [3.63, 3.8) is 0 Å². The Hall–Kier alpha value is -2.67. The van der Waals surface area contributed by atoms with Crippen molar-refractivity contribution in [3.8, 4) is 0 Å². The fraction of sp³-hybridized carbons (Fsp3) is 0.267. The zero-order valence-electron chi connectivity index (χ0n) is 11.7. The Morgan fingerprint density at radius 1 is 1.18 bits per heavy atom. The lowest BCUT2D eigenvalue weighted by molar-refractivity contribution is 0.0294. The van der Waals surface area contributed by atoms with E-state index in [1.54, 1.807) is 0 Å². The molecule has 114 valence electrons. The first kappa shape index (κ1) is 14.3. The molecule has 0 saturated heterocycles. The summed E-state index contributed by atoms with van der Waals surface area (Å²) in [5.41, 5.74) is 0.516. The Morgan fingerprint density at radius 2 is 2.00 bits per heavy atom. The molecule has 1 aliphatic heterocycles. The minimum absolute atomic E-state index is 0.157. The van der Waals surface area contributed by atoms with Gasteiger partial charge in [0.25, 0.3) is 5.56 Å². The summed E-state index contributed by atoms with van der Waals surface area (Å²) in [4.78, 5) is 38.9. The van der Waals surface area contributed by atoms with Gasteiger partial charge in [0.15, 0.2) is 0 Å². The molecule has 0 saturated carbocycles. The molecule has 0 bridgehead atoms. The van der Waals surface area contributed by atoms with Crippen molar-refractivity contribution >= 4 is 5.97 Å². The third-order valence-electron chi connectivity index (χ3n) is 3.53. The Balaban J connectivity index is 1.87. The molecule has 0 spiro atoms. The molecule has 1 unspecified atom stereocenters. The van der Waals surface area contributed by atoms with Gasteiger partial charge < -0.3 is 15.0 Å². The summed E-state index contributed by atoms with van der Waals surface area (Å²) in [7, 11) is 0. The van der Waals surface area contributed by atoms with Crippen LogP contribution < -0.4 is 16.6 Å². The number of fused-ring (bicyclic) bond motifs is 1. The largest absolute Gasteiger partial charge is 0.451 e. The van der Waals surface area contributed by atoms with Crippen molar-refractivity contribution in [1.82, 2.24) is 15.3 Å². The van der Waals surface area contributed by atoms with Crippen molar-refractivity contribution in [2.45, 2.75) is 12.5 Å². The number of ether oxygens (including phenoxy) is 1. The molecule has 1 aromatic carbocycles. The van der Waals surface area contributed by atoms with Crippen LogP contribution in [0.3, 0.4) is 0 Å². The van der Waals surface area contributed by atoms with Crippen LogP contribution in [0.5, 0.6) is 0 Å². The minimum Gasteiger partial charge on any atom is -0.451 e. The average Bonchev–Trinajstić information content (AvgIpc) is 2.69. The number of benzene rings is 1. The Labute approximate surface area is 125 Å². The normalized spacial score (nSPS) is 17.4. The summed E-state index contributed by atoms with van der Waals surface area (Å²) < 4.78 is 5.47. The molecule has 1 aromatic heterocycles. The Kier molecular flexibility index (Phi) is 3.88. The van der Waals surface area contributed by atoms with Crippen molar-refractivity contribution in [2.75, 3.05) is 13.1 Å². The van der Waals surface area contributed by atoms with Crippen LogP contribution in [0.2, 0.25) is 0 Å². The lowest BCUT2D eigenvalue weighted by Crippen LogP contribution is -2.28. The molecule has 0 aliphatic carbocycles. The molecule has 0 fully saturated rings. The molecule has 1 atom stereocenters. The minimum atomic E-state index is -0.737. The molecule has 3 rings (SSSR count). The van der Waals surface area contributed by atoms with E-state index in [0.29, 0.717) is 6.54 Å². The van der Waals surface area contributed by atoms with Gasteiger partial charge in [-0.25, -0.2) is 9.59 Å². The number of aromatic nitrogens is 2. The van der Waals surface area contributed by atoms with Gasteiger partial charge in [-0.15, -0.1) is 0 Å². The van der Waals surface area contributed by atoms with Gasteiger partial charge in [0.1, 0.15) is 11.8 Å². The highest BCUT2D eigenvalue weighted by Crippen LogP contribution is 2.24. The van der Waals surface area contributed by atoms with Crippen molar-refractivity contribution in [3.05, 3.63) is 68.0 Å². The molecule has 2 aromatic rings. The molecule has 22 heavy (non-hydrogen) atoms. The molecule has 0 amide bonds. The van der Waals surface area contributed by atoms with Gasteiger partial charge in [-0.1, -0.05) is 24.3 Å². The molecular formula is C15H15N3O4. The molecule has 0 radical (unpaired) electrons. The highest BCUT2D eigenvalue weighted by molar-refractivity contribution is 5.87. The van der Waals surface area contributed by atoms with Gasteiger partial charge in [0.05, 0.1) is 0 Å². The molecule has 1 aliphatic rings. The fourth-order valence-electron chi connectivity index (χ4n) is 2.52. The summed E-state index contributed by atoms with van der Waals surface area (Å²) >= 11 is 0. The van der Waals surface area contributed by atoms with E-state index >= 15 is 0 Å². The van der Waals surface area contributed by atoms with Crippen LogP contribution in [0.25, 0.3) is 0 Å². The summed E-state index contributed by atoms with van der Waals surface area (Å²) in [6, 6.07) is 8.76. The van der Waals surface area contributed by atoms with E-state index < -0.39 is 23.3 Å². The number of rotatable bonds is 2. The monoisotopic (exact) mass is 301 g/mol. The van der Waals surface area contributed by atoms with Crippen molar-refractivity contribution < 1.29 is 9.53 Å². The summed E-state index contributed by atoms with van der Waals surface area (Å²) in [5.74, 6) is -0.730. The summed E-state index contributed by atoms with van der Waals surface area (Å²) in [6.07, 6.45) is 0.389. The highest BCUT2D eigenvalue weighted by Gasteiger charge is 2.23. The van der Waals surface area contributed by atoms with Crippen LogP contribution in [0.4, 0.5) is 0 Å². The highest BCUT2D eigenvalue weighted by atomic mass is 16.5. The third-order valence-corrected chi connectivity index (χ3v) is 3.53. The van der Waals surface area contributed by atoms with E-state index in [-0.39, 0.29) is 5.69 Å². The standard InChI is InChI=1S/C15H15N3O4/c19-13-7-11(17-15(21)18-13)14(20)22-12-8-16-6-5-9-3-1-2-4-10(9)12/h1-4,7,12,16H,5-6,8H2,(H2,17,18,19,21). The first-order valence-corrected chi connectivity index (χ1v) is 6.96. The van der Waals surface area contributed by atoms with Gasteiger partial charge in [0.2, 0.25) is 0 Å². The van der Waals surface area contributed by atoms with Gasteiger partial charge in [-0.3, -0.25) is 9.78 Å². The number of aromatic amines is 2. The third kappa shape index (κ3) is 2.99. The SMILES string of the molecule is O=C(OC1CNCCc2ccccc21)c1cc(=O)[nH]c(=O)[nH]1. The molecule has 3 N–H and O–H groups in total. The number of carbonyl (C=O) groups excluding carboxylic acids is 1. The second kappa shape index (κ2) is 5.98. The molecule has 2 heterocycles. The van der Waals surface area contributed by atoms with Gasteiger partial charge in [-0.2, -0.15) is 0 Å². The topological polar surface area (TPSA) is 104 Å². The first-order chi connectivity index (χ1) is 10.6. The second-order valence-electron chi connectivity index (χ2n) is 5.05. The average molecular weight is 301 g/mol. The summed E-state index contributed by atoms with van der Waals surface area (Å²) in [5, 5.41) is 3.21. The second-order valence-corrected chi connectivity index (χ2v) is 5.05. The maximum atomic E-state index is 12.2. The molecular weight excluding hydrogens is 286 g/mol. The van der Waals surface area contributed by atoms with E-state index in [4.69, 9.17) is 4.74 Å². The van der Waals surface area contributed by atoms with Crippen LogP contribution >= 0.6 is 0 Å². The Bertz CT molecular complexity index is 780. The first-order valence-electron chi connectivity index (χ1n) is 6.96. The van der Waals surface area contributed by atoms with Crippen LogP contribution in [-0.4, -0.2) is 29.0 Å². The van der Waals surface area contributed by atoms with Gasteiger partial charge in [0, 0.05) is 12.6 Å². The fourth-order valence-corrected chi connectivity index (χ4v) is 2.52. The maximum absolute atomic E-state index is 12.2. The predicted molar refractivity (Wildman–Crippen MR) is 78.9 cm³/mol. The van der Waals surface area contributed by atoms with Crippen LogP contribution in [-0.2, 0) is 11.2 Å². The van der Waals surface area contributed by atoms with E-state index in [2.05, 4.69) is 10.3 Å². The number of nitrogens with one attached hydrogen (secondary N) is 3. The number of esters is 1. The lowest BCUT2D eigenvalue weighted by atomic mass is 10.0. The number of hydrogen-bond acceptors (Lipinski definition) is 5. The van der Waals surface area contributed by atoms with Crippen molar-refractivity contribution in [1.29, 1.82) is 0 Å². The number of H-pyrrole nitrogens is 2. The smallest absolute Gasteiger partial charge is 0.355 e. The van der Waals surface area contributed by atoms with Crippen LogP contribution in [0, 0.1) is 0 Å². The maximum Gasteiger partial charge on any atom is 0.355 e. The number of carbonyl (C=O) groups is 1. The van der Waals surface area contributed by atoms with E-state index in [1.165, 1.54) is 0 Å². The molecule has 7 heteroatoms. The summed E-state index contributed by atoms with van der Waals surface area (Å²) in [6.45, 7) is 1.28. The van der Waals surface area contributed by atoms with E-state index in [1.807, 2.05) is 29.2 Å². The quantitative estimate of drug-likeness (QED) is 0.683. The van der Waals surface area contributed by atoms with Crippen molar-refractivity contribution in [2.24, 2.45) is 0 Å². The van der Waals surface area contributed by atoms with E-state index in [9.17, 15) is 14.4 Å².